The van der Waals surface area contributed by atoms with Gasteiger partial charge >= 0.3 is 0 Å². The fraction of sp³-hybridized carbons (Fsp3) is 0.714. The quantitative estimate of drug-likeness (QED) is 0.598. The van der Waals surface area contributed by atoms with Crippen molar-refractivity contribution < 1.29 is 0 Å². The molecule has 4 heteroatoms. The average Bonchev–Trinajstić information content (AvgIpc) is 2.88. The molecule has 0 aromatic carbocycles. The van der Waals surface area contributed by atoms with Crippen LogP contribution in [0.5, 0.6) is 0 Å². The summed E-state index contributed by atoms with van der Waals surface area (Å²) in [5.41, 5.74) is 6.32. The smallest absolute Gasteiger partial charge is 0.0962 e. The molecule has 1 rings (SSSR count). The summed E-state index contributed by atoms with van der Waals surface area (Å²) in [5.74, 6) is 5.99. The minimum atomic E-state index is 0.468. The Bertz CT molecular complexity index is 346. The molecular formula is C14H26N4. The van der Waals surface area contributed by atoms with Crippen molar-refractivity contribution in [3.05, 3.63) is 11.9 Å². The van der Waals surface area contributed by atoms with Crippen LogP contribution in [0.2, 0.25) is 0 Å². The zero-order chi connectivity index (χ0) is 13.6. The molecule has 102 valence electrons. The van der Waals surface area contributed by atoms with Gasteiger partial charge < -0.3 is 5.73 Å². The van der Waals surface area contributed by atoms with Crippen LogP contribution >= 0.6 is 0 Å². The summed E-state index contributed by atoms with van der Waals surface area (Å²) in [6.45, 7) is 7.29. The Labute approximate surface area is 111 Å². The largest absolute Gasteiger partial charge is 0.325 e. The van der Waals surface area contributed by atoms with Crippen molar-refractivity contribution in [2.24, 2.45) is 5.73 Å². The van der Waals surface area contributed by atoms with Crippen LogP contribution in [0.25, 0.3) is 0 Å². The van der Waals surface area contributed by atoms with E-state index in [1.165, 1.54) is 19.3 Å². The first kappa shape index (κ1) is 16.7. The number of nitrogens with zero attached hydrogens (tertiary/aromatic N) is 3. The van der Waals surface area contributed by atoms with Gasteiger partial charge in [0.25, 0.3) is 0 Å². The highest BCUT2D eigenvalue weighted by Crippen LogP contribution is 2.04. The van der Waals surface area contributed by atoms with Gasteiger partial charge in [0.1, 0.15) is 0 Å². The van der Waals surface area contributed by atoms with Gasteiger partial charge in [-0.25, -0.2) is 0 Å². The molecule has 0 aliphatic heterocycles. The number of nitrogens with two attached hydrogens (primary N) is 1. The second-order valence-corrected chi connectivity index (χ2v) is 3.77. The van der Waals surface area contributed by atoms with Crippen LogP contribution in [0.3, 0.4) is 0 Å². The monoisotopic (exact) mass is 250 g/mol. The molecule has 2 N–H and O–H groups in total. The fourth-order valence-electron chi connectivity index (χ4n) is 1.51. The molecule has 0 atom stereocenters. The topological polar surface area (TPSA) is 56.7 Å². The van der Waals surface area contributed by atoms with E-state index in [1.807, 2.05) is 31.6 Å². The van der Waals surface area contributed by atoms with Crippen LogP contribution in [-0.2, 0) is 13.1 Å². The summed E-state index contributed by atoms with van der Waals surface area (Å²) in [7, 11) is 0. The van der Waals surface area contributed by atoms with Crippen LogP contribution < -0.4 is 5.73 Å². The lowest BCUT2D eigenvalue weighted by Gasteiger charge is -1.99. The highest BCUT2D eigenvalue weighted by Gasteiger charge is 1.97. The lowest BCUT2D eigenvalue weighted by atomic mass is 10.1. The molecule has 0 aliphatic carbocycles. The lowest BCUT2D eigenvalue weighted by molar-refractivity contribution is 0.524. The Morgan fingerprint density at radius 3 is 2.56 bits per heavy atom. The molecule has 1 aromatic heterocycles. The first-order valence-electron chi connectivity index (χ1n) is 6.85. The number of aryl methyl sites for hydroxylation is 1. The van der Waals surface area contributed by atoms with Gasteiger partial charge in [0.15, 0.2) is 0 Å². The first-order chi connectivity index (χ1) is 8.86. The van der Waals surface area contributed by atoms with E-state index in [0.717, 1.165) is 25.1 Å². The fourth-order valence-corrected chi connectivity index (χ4v) is 1.51. The predicted octanol–water partition coefficient (Wildman–Crippen LogP) is 2.74. The molecule has 0 spiro atoms. The number of hydrogen-bond donors (Lipinski definition) is 1. The Hall–Kier alpha value is -1.34. The van der Waals surface area contributed by atoms with Crippen molar-refractivity contribution in [3.63, 3.8) is 0 Å². The van der Waals surface area contributed by atoms with E-state index in [4.69, 9.17) is 5.73 Å². The molecule has 0 saturated heterocycles. The Morgan fingerprint density at radius 1 is 1.22 bits per heavy atom. The molecule has 4 nitrogen and oxygen atoms in total. The predicted molar refractivity (Wildman–Crippen MR) is 75.8 cm³/mol. The number of aromatic nitrogens is 3. The molecule has 1 heterocycles. The van der Waals surface area contributed by atoms with E-state index in [-0.39, 0.29) is 0 Å². The second kappa shape index (κ2) is 12.1. The summed E-state index contributed by atoms with van der Waals surface area (Å²) in [5, 5.41) is 7.94. The van der Waals surface area contributed by atoms with Crippen molar-refractivity contribution in [3.8, 4) is 11.8 Å². The molecule has 0 fully saturated rings. The highest BCUT2D eigenvalue weighted by atomic mass is 15.4. The molecule has 0 aliphatic rings. The molecule has 0 unspecified atom stereocenters. The van der Waals surface area contributed by atoms with E-state index < -0.39 is 0 Å². The minimum Gasteiger partial charge on any atom is -0.325 e. The minimum absolute atomic E-state index is 0.468. The molecule has 0 saturated carbocycles. The van der Waals surface area contributed by atoms with E-state index in [0.29, 0.717) is 6.54 Å². The van der Waals surface area contributed by atoms with Crippen molar-refractivity contribution in [2.75, 3.05) is 0 Å². The third kappa shape index (κ3) is 7.86. The van der Waals surface area contributed by atoms with Gasteiger partial charge in [-0.1, -0.05) is 31.9 Å². The second-order valence-electron chi connectivity index (χ2n) is 3.77. The summed E-state index contributed by atoms with van der Waals surface area (Å²) in [6, 6.07) is 0. The number of hydrogen-bond acceptors (Lipinski definition) is 3. The first-order valence-corrected chi connectivity index (χ1v) is 6.85. The van der Waals surface area contributed by atoms with E-state index >= 15 is 0 Å². The third-order valence-electron chi connectivity index (χ3n) is 2.41. The summed E-state index contributed by atoms with van der Waals surface area (Å²) in [4.78, 5) is 0. The lowest BCUT2D eigenvalue weighted by Crippen LogP contribution is -1.98. The Balaban J connectivity index is 0.00000137. The number of unbranched alkanes of at least 4 members (excludes halogenated alkanes) is 4. The molecule has 0 amide bonds. The zero-order valence-corrected chi connectivity index (χ0v) is 11.9. The molecule has 1 aromatic rings. The average molecular weight is 250 g/mol. The molecule has 0 radical (unpaired) electrons. The highest BCUT2D eigenvalue weighted by molar-refractivity contribution is 4.94. The van der Waals surface area contributed by atoms with Crippen molar-refractivity contribution in [1.29, 1.82) is 0 Å². The van der Waals surface area contributed by atoms with Gasteiger partial charge in [-0.2, -0.15) is 0 Å². The molecular weight excluding hydrogens is 224 g/mol. The van der Waals surface area contributed by atoms with Crippen LogP contribution in [0, 0.1) is 11.8 Å². The van der Waals surface area contributed by atoms with Crippen LogP contribution in [0.1, 0.15) is 58.6 Å². The zero-order valence-electron chi connectivity index (χ0n) is 11.9. The molecule has 18 heavy (non-hydrogen) atoms. The maximum atomic E-state index is 5.46. The number of rotatable bonds is 7. The van der Waals surface area contributed by atoms with Crippen molar-refractivity contribution >= 4 is 0 Å². The summed E-state index contributed by atoms with van der Waals surface area (Å²) >= 11 is 0. The third-order valence-corrected chi connectivity index (χ3v) is 2.41. The van der Waals surface area contributed by atoms with E-state index in [9.17, 15) is 0 Å². The van der Waals surface area contributed by atoms with Gasteiger partial charge in [0.05, 0.1) is 5.69 Å². The maximum absolute atomic E-state index is 5.46. The van der Waals surface area contributed by atoms with Crippen molar-refractivity contribution in [2.45, 2.75) is 66.0 Å². The van der Waals surface area contributed by atoms with Gasteiger partial charge in [0.2, 0.25) is 0 Å². The van der Waals surface area contributed by atoms with Gasteiger partial charge in [0, 0.05) is 25.7 Å². The van der Waals surface area contributed by atoms with E-state index in [1.54, 1.807) is 0 Å². The normalized spacial score (nSPS) is 9.11. The van der Waals surface area contributed by atoms with Crippen LogP contribution in [0.15, 0.2) is 6.20 Å². The van der Waals surface area contributed by atoms with Crippen LogP contribution in [0.4, 0.5) is 0 Å². The van der Waals surface area contributed by atoms with Gasteiger partial charge in [-0.3, -0.25) is 4.68 Å². The standard InChI is InChI=1S/C12H20N4.C2H6/c1-2-3-4-5-6-7-8-9-16-11-12(10-13)14-15-16;1-2/h11H,4-10,13H2,1H3;1-2H3. The summed E-state index contributed by atoms with van der Waals surface area (Å²) in [6.07, 6.45) is 7.76. The van der Waals surface area contributed by atoms with Gasteiger partial charge in [-0.05, 0) is 19.8 Å². The molecule has 0 bridgehead atoms. The van der Waals surface area contributed by atoms with Crippen molar-refractivity contribution in [1.82, 2.24) is 15.0 Å². The van der Waals surface area contributed by atoms with Gasteiger partial charge in [-0.15, -0.1) is 16.9 Å². The SMILES string of the molecule is CC.CC#CCCCCCCn1cc(CN)nn1. The maximum Gasteiger partial charge on any atom is 0.0962 e. The van der Waals surface area contributed by atoms with E-state index in [2.05, 4.69) is 22.2 Å². The summed E-state index contributed by atoms with van der Waals surface area (Å²) < 4.78 is 1.87. The van der Waals surface area contributed by atoms with Crippen LogP contribution in [-0.4, -0.2) is 15.0 Å². The Kier molecular flexibility index (Phi) is 11.2. The Morgan fingerprint density at radius 2 is 1.94 bits per heavy atom.